The average molecular weight is 529 g/mol. The summed E-state index contributed by atoms with van der Waals surface area (Å²) < 4.78 is 20.8. The Kier molecular flexibility index (Phi) is 7.65. The van der Waals surface area contributed by atoms with Crippen molar-refractivity contribution in [1.82, 2.24) is 15.2 Å². The second kappa shape index (κ2) is 11.4. The van der Waals surface area contributed by atoms with E-state index in [2.05, 4.69) is 15.3 Å². The highest BCUT2D eigenvalue weighted by molar-refractivity contribution is 8.16. The third-order valence-corrected chi connectivity index (χ3v) is 7.10. The first kappa shape index (κ1) is 25.4. The molecule has 2 aliphatic heterocycles. The number of nitrogens with zero attached hydrogens (tertiary/aromatic N) is 3. The van der Waals surface area contributed by atoms with Crippen LogP contribution >= 0.6 is 11.8 Å². The van der Waals surface area contributed by atoms with Crippen LogP contribution in [-0.2, 0) is 27.5 Å². The molecule has 5 rings (SSSR count). The van der Waals surface area contributed by atoms with E-state index in [0.717, 1.165) is 11.1 Å². The summed E-state index contributed by atoms with van der Waals surface area (Å²) in [4.78, 5) is 36.7. The van der Waals surface area contributed by atoms with Gasteiger partial charge in [0.1, 0.15) is 12.4 Å². The van der Waals surface area contributed by atoms with E-state index in [9.17, 15) is 9.59 Å². The van der Waals surface area contributed by atoms with E-state index in [1.807, 2.05) is 47.9 Å². The van der Waals surface area contributed by atoms with Crippen molar-refractivity contribution in [2.24, 2.45) is 4.99 Å². The fourth-order valence-corrected chi connectivity index (χ4v) is 5.32. The van der Waals surface area contributed by atoms with Gasteiger partial charge in [0.05, 0.1) is 23.7 Å². The SMILES string of the molecule is CC1=C(C(=O)OCc2ccccc2)C(c2ccccc2F)N2C(CC(=O)NCc3ccncc3)=CSC2=N1. The molecular weight excluding hydrogens is 503 g/mol. The van der Waals surface area contributed by atoms with Gasteiger partial charge >= 0.3 is 5.97 Å². The molecule has 192 valence electrons. The van der Waals surface area contributed by atoms with Gasteiger partial charge in [-0.3, -0.25) is 9.78 Å². The number of hydrogen-bond acceptors (Lipinski definition) is 7. The van der Waals surface area contributed by atoms with E-state index in [0.29, 0.717) is 28.7 Å². The van der Waals surface area contributed by atoms with Gasteiger partial charge in [-0.15, -0.1) is 0 Å². The molecule has 38 heavy (non-hydrogen) atoms. The molecule has 0 radical (unpaired) electrons. The molecule has 0 spiro atoms. The van der Waals surface area contributed by atoms with E-state index >= 15 is 4.39 Å². The number of esters is 1. The summed E-state index contributed by atoms with van der Waals surface area (Å²) >= 11 is 1.34. The predicted octanol–water partition coefficient (Wildman–Crippen LogP) is 5.25. The van der Waals surface area contributed by atoms with E-state index in [4.69, 9.17) is 4.74 Å². The molecule has 3 aromatic rings. The fraction of sp³-hybridized carbons (Fsp3) is 0.172. The lowest BCUT2D eigenvalue weighted by molar-refractivity contribution is -0.141. The van der Waals surface area contributed by atoms with Crippen LogP contribution in [-0.4, -0.2) is 26.9 Å². The monoisotopic (exact) mass is 528 g/mol. The quantitative estimate of drug-likeness (QED) is 0.403. The Morgan fingerprint density at radius 3 is 2.53 bits per heavy atom. The van der Waals surface area contributed by atoms with Gasteiger partial charge in [0, 0.05) is 30.2 Å². The second-order valence-electron chi connectivity index (χ2n) is 8.79. The molecule has 0 bridgehead atoms. The summed E-state index contributed by atoms with van der Waals surface area (Å²) in [6.07, 6.45) is 3.37. The highest BCUT2D eigenvalue weighted by Crippen LogP contribution is 2.45. The van der Waals surface area contributed by atoms with Crippen molar-refractivity contribution in [3.63, 3.8) is 0 Å². The van der Waals surface area contributed by atoms with Gasteiger partial charge in [-0.2, -0.15) is 0 Å². The maximum absolute atomic E-state index is 15.2. The van der Waals surface area contributed by atoms with Crippen LogP contribution in [0.5, 0.6) is 0 Å². The largest absolute Gasteiger partial charge is 0.457 e. The number of hydrogen-bond donors (Lipinski definition) is 1. The summed E-state index contributed by atoms with van der Waals surface area (Å²) in [5.41, 5.74) is 3.37. The fourth-order valence-electron chi connectivity index (χ4n) is 4.35. The molecule has 0 aliphatic carbocycles. The summed E-state index contributed by atoms with van der Waals surface area (Å²) in [6, 6.07) is 18.5. The van der Waals surface area contributed by atoms with E-state index in [1.54, 1.807) is 42.4 Å². The molecule has 2 aromatic carbocycles. The topological polar surface area (TPSA) is 83.9 Å². The lowest BCUT2D eigenvalue weighted by Gasteiger charge is -2.36. The van der Waals surface area contributed by atoms with Crippen molar-refractivity contribution in [1.29, 1.82) is 0 Å². The van der Waals surface area contributed by atoms with Gasteiger partial charge in [-0.1, -0.05) is 60.3 Å². The number of fused-ring (bicyclic) bond motifs is 1. The molecule has 1 aromatic heterocycles. The van der Waals surface area contributed by atoms with Gasteiger partial charge in [-0.25, -0.2) is 14.2 Å². The van der Waals surface area contributed by atoms with Crippen molar-refractivity contribution in [3.8, 4) is 0 Å². The number of aliphatic imine (C=N–C) groups is 1. The number of nitrogens with one attached hydrogen (secondary N) is 1. The number of allylic oxidation sites excluding steroid dienone is 1. The van der Waals surface area contributed by atoms with Crippen LogP contribution < -0.4 is 5.32 Å². The zero-order valence-corrected chi connectivity index (χ0v) is 21.5. The second-order valence-corrected chi connectivity index (χ2v) is 9.62. The lowest BCUT2D eigenvalue weighted by Crippen LogP contribution is -2.38. The summed E-state index contributed by atoms with van der Waals surface area (Å²) in [5.74, 6) is -1.25. The molecule has 1 N–H and O–H groups in total. The van der Waals surface area contributed by atoms with Crippen molar-refractivity contribution >= 4 is 28.8 Å². The van der Waals surface area contributed by atoms with Crippen LogP contribution in [0, 0.1) is 5.82 Å². The summed E-state index contributed by atoms with van der Waals surface area (Å²) in [6.45, 7) is 2.15. The van der Waals surface area contributed by atoms with Crippen LogP contribution in [0.2, 0.25) is 0 Å². The summed E-state index contributed by atoms with van der Waals surface area (Å²) in [5, 5.41) is 5.31. The van der Waals surface area contributed by atoms with Gasteiger partial charge in [0.15, 0.2) is 5.17 Å². The van der Waals surface area contributed by atoms with Crippen LogP contribution in [0.15, 0.2) is 106 Å². The third kappa shape index (κ3) is 5.52. The number of amidine groups is 1. The number of amides is 1. The molecule has 1 amide bonds. The number of carbonyl (C=O) groups excluding carboxylic acids is 2. The minimum absolute atomic E-state index is 0.0352. The maximum atomic E-state index is 15.2. The molecule has 0 fully saturated rings. The standard InChI is InChI=1S/C29H25FN4O3S/c1-19-26(28(36)37-17-21-7-3-2-4-8-21)27(23-9-5-6-10-24(23)30)34-22(18-38-29(34)33-19)15-25(35)32-16-20-11-13-31-14-12-20/h2-14,18,27H,15-17H2,1H3,(H,32,35). The van der Waals surface area contributed by atoms with Crippen molar-refractivity contribution in [2.75, 3.05) is 0 Å². The zero-order chi connectivity index (χ0) is 26.5. The van der Waals surface area contributed by atoms with E-state index in [-0.39, 0.29) is 24.5 Å². The van der Waals surface area contributed by atoms with Crippen LogP contribution in [0.25, 0.3) is 0 Å². The normalized spacial score (nSPS) is 16.5. The smallest absolute Gasteiger partial charge is 0.338 e. The molecule has 2 aliphatic rings. The van der Waals surface area contributed by atoms with Crippen molar-refractivity contribution in [2.45, 2.75) is 32.5 Å². The molecular formula is C29H25FN4O3S. The summed E-state index contributed by atoms with van der Waals surface area (Å²) in [7, 11) is 0. The van der Waals surface area contributed by atoms with Crippen LogP contribution in [0.1, 0.15) is 36.1 Å². The number of rotatable bonds is 8. The van der Waals surface area contributed by atoms with Crippen molar-refractivity contribution in [3.05, 3.63) is 124 Å². The minimum atomic E-state index is -0.832. The van der Waals surface area contributed by atoms with Crippen LogP contribution in [0.4, 0.5) is 4.39 Å². The van der Waals surface area contributed by atoms with E-state index in [1.165, 1.54) is 17.8 Å². The molecule has 3 heterocycles. The zero-order valence-electron chi connectivity index (χ0n) is 20.6. The highest BCUT2D eigenvalue weighted by atomic mass is 32.2. The van der Waals surface area contributed by atoms with E-state index < -0.39 is 17.8 Å². The first-order valence-corrected chi connectivity index (χ1v) is 12.9. The molecule has 0 saturated heterocycles. The Bertz CT molecular complexity index is 1440. The van der Waals surface area contributed by atoms with Gasteiger partial charge < -0.3 is 15.0 Å². The number of carbonyl (C=O) groups is 2. The number of thioether (sulfide) groups is 1. The number of aromatic nitrogens is 1. The third-order valence-electron chi connectivity index (χ3n) is 6.21. The minimum Gasteiger partial charge on any atom is -0.457 e. The Balaban J connectivity index is 1.41. The molecule has 9 heteroatoms. The maximum Gasteiger partial charge on any atom is 0.338 e. The number of halogens is 1. The molecule has 7 nitrogen and oxygen atoms in total. The van der Waals surface area contributed by atoms with Crippen LogP contribution in [0.3, 0.4) is 0 Å². The Morgan fingerprint density at radius 2 is 1.76 bits per heavy atom. The number of benzene rings is 2. The predicted molar refractivity (Wildman–Crippen MR) is 144 cm³/mol. The number of ether oxygens (including phenoxy) is 1. The van der Waals surface area contributed by atoms with Gasteiger partial charge in [0.2, 0.25) is 5.91 Å². The molecule has 0 saturated carbocycles. The van der Waals surface area contributed by atoms with Gasteiger partial charge in [0.25, 0.3) is 0 Å². The first-order valence-electron chi connectivity index (χ1n) is 12.1. The Hall–Kier alpha value is -4.24. The molecule has 1 unspecified atom stereocenters. The lowest BCUT2D eigenvalue weighted by atomic mass is 9.93. The van der Waals surface area contributed by atoms with Gasteiger partial charge in [-0.05, 0) is 41.7 Å². The Morgan fingerprint density at radius 1 is 1.03 bits per heavy atom. The highest BCUT2D eigenvalue weighted by Gasteiger charge is 2.42. The Labute approximate surface area is 224 Å². The van der Waals surface area contributed by atoms with Crippen molar-refractivity contribution < 1.29 is 18.7 Å². The number of pyridine rings is 1. The molecule has 1 atom stereocenters. The first-order chi connectivity index (χ1) is 18.5. The average Bonchev–Trinajstić information content (AvgIpc) is 3.33.